The summed E-state index contributed by atoms with van der Waals surface area (Å²) >= 11 is 0. The van der Waals surface area contributed by atoms with Gasteiger partial charge in [0, 0.05) is 11.5 Å². The van der Waals surface area contributed by atoms with E-state index in [-0.39, 0.29) is 5.63 Å². The van der Waals surface area contributed by atoms with Crippen LogP contribution in [0.4, 0.5) is 0 Å². The Hall–Kier alpha value is -2.03. The van der Waals surface area contributed by atoms with Gasteiger partial charge in [0.2, 0.25) is 0 Å². The second-order valence-corrected chi connectivity index (χ2v) is 4.80. The highest BCUT2D eigenvalue weighted by Crippen LogP contribution is 2.34. The summed E-state index contributed by atoms with van der Waals surface area (Å²) in [7, 11) is 0. The smallest absolute Gasteiger partial charge is 0.336 e. The molecule has 0 amide bonds. The number of benzene rings is 1. The zero-order chi connectivity index (χ0) is 13.0. The summed E-state index contributed by atoms with van der Waals surface area (Å²) in [6, 6.07) is 3.42. The van der Waals surface area contributed by atoms with Gasteiger partial charge in [0.15, 0.2) is 0 Å². The Bertz CT molecular complexity index is 834. The van der Waals surface area contributed by atoms with Crippen LogP contribution >= 0.6 is 0 Å². The number of furan rings is 1. The third kappa shape index (κ3) is 1.33. The molecule has 0 aliphatic heterocycles. The van der Waals surface area contributed by atoms with Gasteiger partial charge in [0.1, 0.15) is 16.9 Å². The predicted octanol–water partition coefficient (Wildman–Crippen LogP) is 3.77. The average molecular weight is 242 g/mol. The molecule has 18 heavy (non-hydrogen) atoms. The van der Waals surface area contributed by atoms with Crippen LogP contribution in [0.2, 0.25) is 0 Å². The van der Waals surface area contributed by atoms with Crippen molar-refractivity contribution in [3.63, 3.8) is 0 Å². The Kier molecular flexibility index (Phi) is 2.14. The number of aryl methyl sites for hydroxylation is 4. The first-order valence-corrected chi connectivity index (χ1v) is 5.93. The standard InChI is InChI=1S/C15H14O3/c1-7-5-11-14(8(2)6-12(16)18-11)15-13(7)9(3)10(4)17-15/h5-6H,1-4H3. The van der Waals surface area contributed by atoms with Crippen molar-refractivity contribution in [2.45, 2.75) is 27.7 Å². The quantitative estimate of drug-likeness (QED) is 0.563. The number of hydrogen-bond acceptors (Lipinski definition) is 3. The molecule has 0 saturated carbocycles. The van der Waals surface area contributed by atoms with E-state index in [9.17, 15) is 4.79 Å². The third-order valence-electron chi connectivity index (χ3n) is 3.54. The highest BCUT2D eigenvalue weighted by molar-refractivity contribution is 6.06. The number of hydrogen-bond donors (Lipinski definition) is 0. The van der Waals surface area contributed by atoms with Crippen LogP contribution < -0.4 is 5.63 Å². The lowest BCUT2D eigenvalue weighted by molar-refractivity contribution is 0.555. The molecule has 0 saturated heterocycles. The molecule has 0 aliphatic rings. The van der Waals surface area contributed by atoms with E-state index in [1.165, 1.54) is 6.07 Å². The molecule has 2 aromatic heterocycles. The van der Waals surface area contributed by atoms with Crippen LogP contribution in [0, 0.1) is 27.7 Å². The minimum atomic E-state index is -0.321. The van der Waals surface area contributed by atoms with Crippen LogP contribution in [0.3, 0.4) is 0 Å². The Balaban J connectivity index is 2.69. The Morgan fingerprint density at radius 3 is 2.28 bits per heavy atom. The molecular formula is C15H14O3. The van der Waals surface area contributed by atoms with Gasteiger partial charge in [0.25, 0.3) is 0 Å². The molecule has 0 spiro atoms. The van der Waals surface area contributed by atoms with Crippen LogP contribution in [0.25, 0.3) is 21.9 Å². The van der Waals surface area contributed by atoms with E-state index < -0.39 is 0 Å². The van der Waals surface area contributed by atoms with Crippen LogP contribution in [0.5, 0.6) is 0 Å². The molecule has 0 N–H and O–H groups in total. The fourth-order valence-corrected chi connectivity index (χ4v) is 2.57. The van der Waals surface area contributed by atoms with Crippen LogP contribution in [0.1, 0.15) is 22.5 Å². The molecule has 0 atom stereocenters. The van der Waals surface area contributed by atoms with Gasteiger partial charge in [-0.15, -0.1) is 0 Å². The van der Waals surface area contributed by atoms with Crippen molar-refractivity contribution in [2.75, 3.05) is 0 Å². The van der Waals surface area contributed by atoms with E-state index in [2.05, 4.69) is 6.92 Å². The molecule has 3 aromatic rings. The molecular weight excluding hydrogens is 228 g/mol. The van der Waals surface area contributed by atoms with Gasteiger partial charge >= 0.3 is 5.63 Å². The molecule has 3 nitrogen and oxygen atoms in total. The predicted molar refractivity (Wildman–Crippen MR) is 71.2 cm³/mol. The van der Waals surface area contributed by atoms with E-state index in [0.717, 1.165) is 38.8 Å². The molecule has 1 aromatic carbocycles. The molecule has 0 unspecified atom stereocenters. The van der Waals surface area contributed by atoms with Crippen molar-refractivity contribution in [1.82, 2.24) is 0 Å². The first kappa shape index (κ1) is 11.1. The van der Waals surface area contributed by atoms with Crippen LogP contribution in [0.15, 0.2) is 25.8 Å². The van der Waals surface area contributed by atoms with Crippen LogP contribution in [-0.2, 0) is 0 Å². The maximum atomic E-state index is 11.4. The zero-order valence-corrected chi connectivity index (χ0v) is 10.9. The second kappa shape index (κ2) is 3.48. The molecule has 0 bridgehead atoms. The van der Waals surface area contributed by atoms with Gasteiger partial charge in [-0.05, 0) is 50.5 Å². The first-order chi connectivity index (χ1) is 8.49. The van der Waals surface area contributed by atoms with Crippen molar-refractivity contribution in [3.8, 4) is 0 Å². The van der Waals surface area contributed by atoms with E-state index in [0.29, 0.717) is 5.58 Å². The summed E-state index contributed by atoms with van der Waals surface area (Å²) in [4.78, 5) is 11.4. The summed E-state index contributed by atoms with van der Waals surface area (Å²) in [6.45, 7) is 7.91. The molecule has 92 valence electrons. The minimum Gasteiger partial charge on any atom is -0.460 e. The lowest BCUT2D eigenvalue weighted by Crippen LogP contribution is -1.98. The van der Waals surface area contributed by atoms with Gasteiger partial charge in [-0.25, -0.2) is 4.79 Å². The number of rotatable bonds is 0. The third-order valence-corrected chi connectivity index (χ3v) is 3.54. The Morgan fingerprint density at radius 2 is 1.56 bits per heavy atom. The second-order valence-electron chi connectivity index (χ2n) is 4.80. The molecule has 2 heterocycles. The van der Waals surface area contributed by atoms with Crippen molar-refractivity contribution in [2.24, 2.45) is 0 Å². The first-order valence-electron chi connectivity index (χ1n) is 5.93. The van der Waals surface area contributed by atoms with E-state index in [1.807, 2.05) is 26.8 Å². The highest BCUT2D eigenvalue weighted by atomic mass is 16.4. The zero-order valence-electron chi connectivity index (χ0n) is 10.9. The minimum absolute atomic E-state index is 0.321. The fourth-order valence-electron chi connectivity index (χ4n) is 2.57. The lowest BCUT2D eigenvalue weighted by Gasteiger charge is -2.04. The number of fused-ring (bicyclic) bond motifs is 3. The molecule has 0 radical (unpaired) electrons. The van der Waals surface area contributed by atoms with E-state index >= 15 is 0 Å². The van der Waals surface area contributed by atoms with Crippen molar-refractivity contribution < 1.29 is 8.83 Å². The van der Waals surface area contributed by atoms with Gasteiger partial charge in [-0.3, -0.25) is 0 Å². The summed E-state index contributed by atoms with van der Waals surface area (Å²) in [5.41, 5.74) is 4.20. The summed E-state index contributed by atoms with van der Waals surface area (Å²) in [5.74, 6) is 0.909. The Morgan fingerprint density at radius 1 is 0.889 bits per heavy atom. The topological polar surface area (TPSA) is 43.4 Å². The van der Waals surface area contributed by atoms with Gasteiger partial charge in [0.05, 0.1) is 5.39 Å². The molecule has 0 aliphatic carbocycles. The van der Waals surface area contributed by atoms with Gasteiger partial charge in [-0.1, -0.05) is 0 Å². The monoisotopic (exact) mass is 242 g/mol. The fraction of sp³-hybridized carbons (Fsp3) is 0.267. The summed E-state index contributed by atoms with van der Waals surface area (Å²) in [5, 5.41) is 2.02. The normalized spacial score (nSPS) is 11.6. The molecule has 0 fully saturated rings. The maximum Gasteiger partial charge on any atom is 0.336 e. The summed E-state index contributed by atoms with van der Waals surface area (Å²) < 4.78 is 11.1. The Labute approximate surface area is 104 Å². The summed E-state index contributed by atoms with van der Waals surface area (Å²) in [6.07, 6.45) is 0. The van der Waals surface area contributed by atoms with E-state index in [1.54, 1.807) is 0 Å². The van der Waals surface area contributed by atoms with Crippen molar-refractivity contribution >= 4 is 21.9 Å². The lowest BCUT2D eigenvalue weighted by atomic mass is 10.0. The van der Waals surface area contributed by atoms with Gasteiger partial charge < -0.3 is 8.83 Å². The molecule has 3 heteroatoms. The van der Waals surface area contributed by atoms with Gasteiger partial charge in [-0.2, -0.15) is 0 Å². The van der Waals surface area contributed by atoms with Crippen molar-refractivity contribution in [1.29, 1.82) is 0 Å². The largest absolute Gasteiger partial charge is 0.460 e. The average Bonchev–Trinajstić information content (AvgIpc) is 2.54. The molecule has 3 rings (SSSR count). The SMILES string of the molecule is Cc1oc2c(c(C)cc3oc(=O)cc(C)c32)c1C. The highest BCUT2D eigenvalue weighted by Gasteiger charge is 2.16. The van der Waals surface area contributed by atoms with Crippen molar-refractivity contribution in [3.05, 3.63) is 45.0 Å². The van der Waals surface area contributed by atoms with Crippen LogP contribution in [-0.4, -0.2) is 0 Å². The van der Waals surface area contributed by atoms with E-state index in [4.69, 9.17) is 8.83 Å². The maximum absolute atomic E-state index is 11.4.